The molecule has 2 heterocycles. The van der Waals surface area contributed by atoms with E-state index in [4.69, 9.17) is 4.52 Å². The molecule has 5 nitrogen and oxygen atoms in total. The van der Waals surface area contributed by atoms with Gasteiger partial charge in [0.05, 0.1) is 5.92 Å². The van der Waals surface area contributed by atoms with Crippen molar-refractivity contribution in [1.82, 2.24) is 15.0 Å². The quantitative estimate of drug-likeness (QED) is 0.746. The zero-order valence-electron chi connectivity index (χ0n) is 12.4. The Morgan fingerprint density at radius 3 is 2.35 bits per heavy atom. The van der Waals surface area contributed by atoms with Gasteiger partial charge in [0.25, 0.3) is 5.91 Å². The first-order valence-corrected chi connectivity index (χ1v) is 7.54. The summed E-state index contributed by atoms with van der Waals surface area (Å²) in [5, 5.41) is 4.03. The summed E-state index contributed by atoms with van der Waals surface area (Å²) in [6, 6.07) is 19.0. The Hall–Kier alpha value is -2.95. The van der Waals surface area contributed by atoms with Crippen LogP contribution in [0.25, 0.3) is 11.4 Å². The SMILES string of the molecule is O=C(c1ccccc1)N1CC(c2nc(-c3ccccc3)no2)C1. The number of hydrogen-bond donors (Lipinski definition) is 0. The highest BCUT2D eigenvalue weighted by Gasteiger charge is 2.35. The van der Waals surface area contributed by atoms with Crippen LogP contribution in [0.1, 0.15) is 22.2 Å². The van der Waals surface area contributed by atoms with Gasteiger partial charge in [-0.1, -0.05) is 53.7 Å². The summed E-state index contributed by atoms with van der Waals surface area (Å²) in [5.74, 6) is 1.35. The summed E-state index contributed by atoms with van der Waals surface area (Å²) in [7, 11) is 0. The van der Waals surface area contributed by atoms with Gasteiger partial charge < -0.3 is 9.42 Å². The van der Waals surface area contributed by atoms with Crippen LogP contribution in [-0.4, -0.2) is 34.0 Å². The number of nitrogens with zero attached hydrogens (tertiary/aromatic N) is 3. The maximum Gasteiger partial charge on any atom is 0.253 e. The van der Waals surface area contributed by atoms with Crippen LogP contribution < -0.4 is 0 Å². The minimum atomic E-state index is 0.0460. The Balaban J connectivity index is 1.43. The highest BCUT2D eigenvalue weighted by molar-refractivity contribution is 5.94. The highest BCUT2D eigenvalue weighted by Crippen LogP contribution is 2.28. The minimum absolute atomic E-state index is 0.0460. The fourth-order valence-electron chi connectivity index (χ4n) is 2.67. The molecular weight excluding hydrogens is 290 g/mol. The van der Waals surface area contributed by atoms with E-state index in [0.29, 0.717) is 30.4 Å². The van der Waals surface area contributed by atoms with E-state index >= 15 is 0 Å². The van der Waals surface area contributed by atoms with Gasteiger partial charge in [-0.3, -0.25) is 4.79 Å². The lowest BCUT2D eigenvalue weighted by Gasteiger charge is -2.37. The average Bonchev–Trinajstić information content (AvgIpc) is 3.05. The Bertz CT molecular complexity index is 809. The molecule has 1 aliphatic heterocycles. The number of carbonyl (C=O) groups excluding carboxylic acids is 1. The average molecular weight is 305 g/mol. The molecule has 0 unspecified atom stereocenters. The van der Waals surface area contributed by atoms with E-state index in [1.54, 1.807) is 4.90 Å². The van der Waals surface area contributed by atoms with Crippen molar-refractivity contribution in [2.75, 3.05) is 13.1 Å². The van der Waals surface area contributed by atoms with E-state index in [2.05, 4.69) is 10.1 Å². The molecule has 3 aromatic rings. The summed E-state index contributed by atoms with van der Waals surface area (Å²) in [5.41, 5.74) is 1.64. The van der Waals surface area contributed by atoms with E-state index in [1.165, 1.54) is 0 Å². The molecule has 1 aromatic heterocycles. The molecule has 0 atom stereocenters. The summed E-state index contributed by atoms with van der Waals surface area (Å²) >= 11 is 0. The molecule has 5 heteroatoms. The topological polar surface area (TPSA) is 59.2 Å². The normalized spacial score (nSPS) is 14.5. The molecule has 1 fully saturated rings. The predicted molar refractivity (Wildman–Crippen MR) is 84.8 cm³/mol. The number of aromatic nitrogens is 2. The summed E-state index contributed by atoms with van der Waals surface area (Å²) in [6.07, 6.45) is 0. The molecule has 0 spiro atoms. The molecule has 23 heavy (non-hydrogen) atoms. The van der Waals surface area contributed by atoms with Gasteiger partial charge in [-0.25, -0.2) is 0 Å². The number of amides is 1. The third-order valence-corrected chi connectivity index (χ3v) is 4.01. The molecular formula is C18H15N3O2. The molecule has 1 saturated heterocycles. The molecule has 1 amide bonds. The van der Waals surface area contributed by atoms with Crippen LogP contribution in [0.3, 0.4) is 0 Å². The van der Waals surface area contributed by atoms with Crippen LogP contribution in [0.5, 0.6) is 0 Å². The van der Waals surface area contributed by atoms with Crippen LogP contribution in [0, 0.1) is 0 Å². The van der Waals surface area contributed by atoms with Crippen molar-refractivity contribution in [3.63, 3.8) is 0 Å². The van der Waals surface area contributed by atoms with E-state index in [0.717, 1.165) is 5.56 Å². The Morgan fingerprint density at radius 2 is 1.65 bits per heavy atom. The first-order valence-electron chi connectivity index (χ1n) is 7.54. The van der Waals surface area contributed by atoms with Crippen molar-refractivity contribution in [2.45, 2.75) is 5.92 Å². The van der Waals surface area contributed by atoms with Crippen molar-refractivity contribution in [2.24, 2.45) is 0 Å². The molecule has 0 aliphatic carbocycles. The molecule has 0 radical (unpaired) electrons. The lowest BCUT2D eigenvalue weighted by atomic mass is 9.99. The summed E-state index contributed by atoms with van der Waals surface area (Å²) in [4.78, 5) is 18.5. The first-order chi connectivity index (χ1) is 11.3. The zero-order valence-corrected chi connectivity index (χ0v) is 12.4. The third-order valence-electron chi connectivity index (χ3n) is 4.01. The van der Waals surface area contributed by atoms with Gasteiger partial charge in [-0.2, -0.15) is 4.98 Å². The second kappa shape index (κ2) is 5.68. The maximum atomic E-state index is 12.3. The van der Waals surface area contributed by atoms with Gasteiger partial charge in [0.15, 0.2) is 0 Å². The van der Waals surface area contributed by atoms with Crippen LogP contribution in [0.15, 0.2) is 65.2 Å². The number of hydrogen-bond acceptors (Lipinski definition) is 4. The van der Waals surface area contributed by atoms with Gasteiger partial charge in [-0.05, 0) is 12.1 Å². The van der Waals surface area contributed by atoms with Crippen LogP contribution in [0.2, 0.25) is 0 Å². The van der Waals surface area contributed by atoms with Gasteiger partial charge in [0, 0.05) is 24.2 Å². The number of carbonyl (C=O) groups is 1. The van der Waals surface area contributed by atoms with Crippen molar-refractivity contribution in [1.29, 1.82) is 0 Å². The van der Waals surface area contributed by atoms with E-state index in [-0.39, 0.29) is 11.8 Å². The second-order valence-electron chi connectivity index (χ2n) is 5.60. The Morgan fingerprint density at radius 1 is 1.00 bits per heavy atom. The standard InChI is InChI=1S/C18H15N3O2/c22-18(14-9-5-2-6-10-14)21-11-15(12-21)17-19-16(20-23-17)13-7-3-1-4-8-13/h1-10,15H,11-12H2. The van der Waals surface area contributed by atoms with Gasteiger partial charge in [0.1, 0.15) is 0 Å². The fraction of sp³-hybridized carbons (Fsp3) is 0.167. The number of rotatable bonds is 3. The van der Waals surface area contributed by atoms with Crippen LogP contribution in [0.4, 0.5) is 0 Å². The van der Waals surface area contributed by atoms with Gasteiger partial charge in [-0.15, -0.1) is 0 Å². The van der Waals surface area contributed by atoms with E-state index < -0.39 is 0 Å². The molecule has 114 valence electrons. The highest BCUT2D eigenvalue weighted by atomic mass is 16.5. The summed E-state index contributed by atoms with van der Waals surface area (Å²) in [6.45, 7) is 1.23. The smallest absolute Gasteiger partial charge is 0.253 e. The molecule has 0 N–H and O–H groups in total. The molecule has 1 aliphatic rings. The molecule has 0 bridgehead atoms. The zero-order chi connectivity index (χ0) is 15.6. The Labute approximate surface area is 133 Å². The van der Waals surface area contributed by atoms with Crippen LogP contribution >= 0.6 is 0 Å². The van der Waals surface area contributed by atoms with Gasteiger partial charge >= 0.3 is 0 Å². The van der Waals surface area contributed by atoms with Crippen molar-refractivity contribution < 1.29 is 9.32 Å². The molecule has 2 aromatic carbocycles. The van der Waals surface area contributed by atoms with E-state index in [9.17, 15) is 4.79 Å². The Kier molecular flexibility index (Phi) is 3.38. The van der Waals surface area contributed by atoms with E-state index in [1.807, 2.05) is 60.7 Å². The second-order valence-corrected chi connectivity index (χ2v) is 5.60. The predicted octanol–water partition coefficient (Wildman–Crippen LogP) is 2.98. The number of likely N-dealkylation sites (tertiary alicyclic amines) is 1. The monoisotopic (exact) mass is 305 g/mol. The fourth-order valence-corrected chi connectivity index (χ4v) is 2.67. The van der Waals surface area contributed by atoms with Gasteiger partial charge in [0.2, 0.25) is 11.7 Å². The van der Waals surface area contributed by atoms with Crippen molar-refractivity contribution >= 4 is 5.91 Å². The van der Waals surface area contributed by atoms with Crippen LogP contribution in [-0.2, 0) is 0 Å². The molecule has 0 saturated carbocycles. The third kappa shape index (κ3) is 2.61. The largest absolute Gasteiger partial charge is 0.339 e. The van der Waals surface area contributed by atoms with Crippen molar-refractivity contribution in [3.05, 3.63) is 72.1 Å². The lowest BCUT2D eigenvalue weighted by Crippen LogP contribution is -2.48. The minimum Gasteiger partial charge on any atom is -0.339 e. The maximum absolute atomic E-state index is 12.3. The lowest BCUT2D eigenvalue weighted by molar-refractivity contribution is 0.0569. The number of benzene rings is 2. The first kappa shape index (κ1) is 13.7. The molecule has 4 rings (SSSR count). The summed E-state index contributed by atoms with van der Waals surface area (Å²) < 4.78 is 5.36. The van der Waals surface area contributed by atoms with Crippen molar-refractivity contribution in [3.8, 4) is 11.4 Å².